The molecule has 0 aliphatic rings. The average Bonchev–Trinajstić information content (AvgIpc) is 2.46. The van der Waals surface area contributed by atoms with E-state index in [9.17, 15) is 4.79 Å². The molecule has 5 heteroatoms. The molecule has 21 heavy (non-hydrogen) atoms. The molecule has 118 valence electrons. The Morgan fingerprint density at radius 3 is 2.76 bits per heavy atom. The molecule has 0 saturated heterocycles. The molecule has 1 aromatic rings. The Hall–Kier alpha value is -1.43. The molecule has 0 unspecified atom stereocenters. The largest absolute Gasteiger partial charge is 0.395 e. The number of anilines is 1. The number of hydrogen-bond donors (Lipinski definition) is 3. The van der Waals surface area contributed by atoms with E-state index in [2.05, 4.69) is 24.1 Å². The summed E-state index contributed by atoms with van der Waals surface area (Å²) in [5, 5.41) is 11.9. The van der Waals surface area contributed by atoms with E-state index in [0.29, 0.717) is 25.6 Å². The van der Waals surface area contributed by atoms with E-state index in [1.807, 2.05) is 24.3 Å². The number of nitrogens with zero attached hydrogens (tertiary/aromatic N) is 1. The zero-order valence-corrected chi connectivity index (χ0v) is 13.0. The summed E-state index contributed by atoms with van der Waals surface area (Å²) < 4.78 is 0. The predicted molar refractivity (Wildman–Crippen MR) is 86.0 cm³/mol. The minimum Gasteiger partial charge on any atom is -0.395 e. The van der Waals surface area contributed by atoms with Gasteiger partial charge in [-0.1, -0.05) is 12.1 Å². The van der Waals surface area contributed by atoms with Crippen LogP contribution in [0.1, 0.15) is 32.3 Å². The predicted octanol–water partition coefficient (Wildman–Crippen LogP) is 1.57. The van der Waals surface area contributed by atoms with Gasteiger partial charge in [0.25, 0.3) is 0 Å². The molecule has 1 rings (SSSR count). The van der Waals surface area contributed by atoms with E-state index in [1.54, 1.807) is 0 Å². The van der Waals surface area contributed by atoms with Gasteiger partial charge in [0.15, 0.2) is 0 Å². The summed E-state index contributed by atoms with van der Waals surface area (Å²) >= 11 is 0. The maximum Gasteiger partial charge on any atom is 0.224 e. The third-order valence-corrected chi connectivity index (χ3v) is 3.41. The SMILES string of the molecule is CC(C)N(CCO)CCCC(=O)Nc1cccc(CN)c1. The first kappa shape index (κ1) is 17.6. The zero-order chi connectivity index (χ0) is 15.7. The number of nitrogens with one attached hydrogen (secondary N) is 1. The van der Waals surface area contributed by atoms with Gasteiger partial charge in [-0.2, -0.15) is 0 Å². The molecule has 1 aromatic carbocycles. The van der Waals surface area contributed by atoms with Crippen molar-refractivity contribution in [2.75, 3.05) is 25.0 Å². The second-order valence-electron chi connectivity index (χ2n) is 5.41. The van der Waals surface area contributed by atoms with E-state index >= 15 is 0 Å². The van der Waals surface area contributed by atoms with Gasteiger partial charge in [0.05, 0.1) is 6.61 Å². The standard InChI is InChI=1S/C16H27N3O2/c1-13(2)19(9-10-20)8-4-7-16(21)18-15-6-3-5-14(11-15)12-17/h3,5-6,11,13,20H,4,7-10,12,17H2,1-2H3,(H,18,21). The lowest BCUT2D eigenvalue weighted by Gasteiger charge is -2.25. The first-order chi connectivity index (χ1) is 10.1. The van der Waals surface area contributed by atoms with Crippen LogP contribution in [0.4, 0.5) is 5.69 Å². The number of hydrogen-bond acceptors (Lipinski definition) is 4. The lowest BCUT2D eigenvalue weighted by atomic mass is 10.2. The third kappa shape index (κ3) is 6.71. The molecule has 0 saturated carbocycles. The van der Waals surface area contributed by atoms with Crippen LogP contribution in [0.2, 0.25) is 0 Å². The molecule has 0 aliphatic carbocycles. The number of carbonyl (C=O) groups excluding carboxylic acids is 1. The Kier molecular flexibility index (Phi) is 7.97. The van der Waals surface area contributed by atoms with E-state index in [0.717, 1.165) is 24.2 Å². The maximum atomic E-state index is 11.9. The summed E-state index contributed by atoms with van der Waals surface area (Å²) in [5.41, 5.74) is 7.37. The molecule has 0 aliphatic heterocycles. The van der Waals surface area contributed by atoms with Gasteiger partial charge in [0, 0.05) is 31.2 Å². The lowest BCUT2D eigenvalue weighted by Crippen LogP contribution is -2.34. The average molecular weight is 293 g/mol. The van der Waals surface area contributed by atoms with Crippen LogP contribution in [0.15, 0.2) is 24.3 Å². The second kappa shape index (κ2) is 9.50. The van der Waals surface area contributed by atoms with Gasteiger partial charge in [-0.15, -0.1) is 0 Å². The highest BCUT2D eigenvalue weighted by Crippen LogP contribution is 2.11. The van der Waals surface area contributed by atoms with Crippen molar-refractivity contribution in [1.29, 1.82) is 0 Å². The number of benzene rings is 1. The van der Waals surface area contributed by atoms with Crippen molar-refractivity contribution in [2.24, 2.45) is 5.73 Å². The van der Waals surface area contributed by atoms with Crippen molar-refractivity contribution < 1.29 is 9.90 Å². The number of amides is 1. The fourth-order valence-electron chi connectivity index (χ4n) is 2.20. The normalized spacial score (nSPS) is 11.1. The number of carbonyl (C=O) groups is 1. The molecule has 0 aromatic heterocycles. The van der Waals surface area contributed by atoms with Crippen LogP contribution < -0.4 is 11.1 Å². The van der Waals surface area contributed by atoms with Gasteiger partial charge in [-0.3, -0.25) is 9.69 Å². The van der Waals surface area contributed by atoms with Crippen molar-refractivity contribution in [3.63, 3.8) is 0 Å². The van der Waals surface area contributed by atoms with Crippen LogP contribution in [0.25, 0.3) is 0 Å². The first-order valence-corrected chi connectivity index (χ1v) is 7.50. The van der Waals surface area contributed by atoms with Crippen LogP contribution in [0.5, 0.6) is 0 Å². The fraction of sp³-hybridized carbons (Fsp3) is 0.562. The van der Waals surface area contributed by atoms with Crippen LogP contribution in [-0.2, 0) is 11.3 Å². The van der Waals surface area contributed by atoms with E-state index in [4.69, 9.17) is 10.8 Å². The van der Waals surface area contributed by atoms with Crippen LogP contribution in [0, 0.1) is 0 Å². The van der Waals surface area contributed by atoms with Crippen molar-refractivity contribution in [1.82, 2.24) is 4.90 Å². The Labute approximate surface area is 127 Å². The van der Waals surface area contributed by atoms with Crippen molar-refractivity contribution in [3.8, 4) is 0 Å². The van der Waals surface area contributed by atoms with E-state index < -0.39 is 0 Å². The van der Waals surface area contributed by atoms with Gasteiger partial charge in [-0.05, 0) is 44.5 Å². The van der Waals surface area contributed by atoms with E-state index in [1.165, 1.54) is 0 Å². The Morgan fingerprint density at radius 1 is 1.38 bits per heavy atom. The minimum atomic E-state index is 0.0110. The Morgan fingerprint density at radius 2 is 2.14 bits per heavy atom. The highest BCUT2D eigenvalue weighted by Gasteiger charge is 2.09. The van der Waals surface area contributed by atoms with Gasteiger partial charge in [0.2, 0.25) is 5.91 Å². The van der Waals surface area contributed by atoms with Crippen LogP contribution >= 0.6 is 0 Å². The summed E-state index contributed by atoms with van der Waals surface area (Å²) in [5.74, 6) is 0.0110. The molecular weight excluding hydrogens is 266 g/mol. The van der Waals surface area contributed by atoms with Crippen LogP contribution in [0.3, 0.4) is 0 Å². The van der Waals surface area contributed by atoms with Gasteiger partial charge >= 0.3 is 0 Å². The molecule has 4 N–H and O–H groups in total. The number of aliphatic hydroxyl groups excluding tert-OH is 1. The molecule has 0 heterocycles. The van der Waals surface area contributed by atoms with Gasteiger partial charge in [0.1, 0.15) is 0 Å². The molecule has 0 fully saturated rings. The summed E-state index contributed by atoms with van der Waals surface area (Å²) in [7, 11) is 0. The topological polar surface area (TPSA) is 78.6 Å². The highest BCUT2D eigenvalue weighted by atomic mass is 16.3. The molecule has 0 bridgehead atoms. The molecule has 1 amide bonds. The summed E-state index contributed by atoms with van der Waals surface area (Å²) in [4.78, 5) is 14.1. The monoisotopic (exact) mass is 293 g/mol. The quantitative estimate of drug-likeness (QED) is 0.646. The third-order valence-electron chi connectivity index (χ3n) is 3.41. The smallest absolute Gasteiger partial charge is 0.224 e. The Bertz CT molecular complexity index is 435. The number of aliphatic hydroxyl groups is 1. The van der Waals surface area contributed by atoms with Crippen molar-refractivity contribution in [2.45, 2.75) is 39.3 Å². The highest BCUT2D eigenvalue weighted by molar-refractivity contribution is 5.90. The lowest BCUT2D eigenvalue weighted by molar-refractivity contribution is -0.116. The molecule has 0 spiro atoms. The fourth-order valence-corrected chi connectivity index (χ4v) is 2.20. The van der Waals surface area contributed by atoms with Gasteiger partial charge < -0.3 is 16.2 Å². The summed E-state index contributed by atoms with van der Waals surface area (Å²) in [6.45, 7) is 6.26. The van der Waals surface area contributed by atoms with Crippen molar-refractivity contribution in [3.05, 3.63) is 29.8 Å². The first-order valence-electron chi connectivity index (χ1n) is 7.50. The van der Waals surface area contributed by atoms with Crippen molar-refractivity contribution >= 4 is 11.6 Å². The van der Waals surface area contributed by atoms with Gasteiger partial charge in [-0.25, -0.2) is 0 Å². The zero-order valence-electron chi connectivity index (χ0n) is 13.0. The number of rotatable bonds is 9. The minimum absolute atomic E-state index is 0.0110. The maximum absolute atomic E-state index is 11.9. The van der Waals surface area contributed by atoms with E-state index in [-0.39, 0.29) is 12.5 Å². The second-order valence-corrected chi connectivity index (χ2v) is 5.41. The summed E-state index contributed by atoms with van der Waals surface area (Å²) in [6, 6.07) is 7.96. The Balaban J connectivity index is 2.36. The molecule has 0 atom stereocenters. The molecule has 5 nitrogen and oxygen atoms in total. The molecule has 0 radical (unpaired) electrons. The summed E-state index contributed by atoms with van der Waals surface area (Å²) in [6.07, 6.45) is 1.25. The number of nitrogens with two attached hydrogens (primary N) is 1. The molecular formula is C16H27N3O2. The van der Waals surface area contributed by atoms with Crippen LogP contribution in [-0.4, -0.2) is 41.7 Å².